The third kappa shape index (κ3) is 11.0. The SMILES string of the molecule is CCCCCCCCCCCCSC(=S)SC(C)(C)C(=O)Cc1c(C)cc(C)c(C(=O)P(=O)(c2ccccc2)c2ccccc2)c1C. The second-order valence-corrected chi connectivity index (χ2v) is 19.6. The predicted octanol–water partition coefficient (Wildman–Crippen LogP) is 11.3. The number of carbonyl (C=O) groups excluding carboxylic acids is 2. The molecule has 0 saturated heterocycles. The lowest BCUT2D eigenvalue weighted by Crippen LogP contribution is -2.31. The summed E-state index contributed by atoms with van der Waals surface area (Å²) in [5.74, 6) is 1.05. The van der Waals surface area contributed by atoms with Gasteiger partial charge in [0.2, 0.25) is 12.7 Å². The minimum absolute atomic E-state index is 0.0622. The number of hydrogen-bond donors (Lipinski definition) is 0. The van der Waals surface area contributed by atoms with Gasteiger partial charge in [0.05, 0.1) is 4.75 Å². The number of rotatable bonds is 19. The van der Waals surface area contributed by atoms with Gasteiger partial charge in [0.25, 0.3) is 0 Å². The van der Waals surface area contributed by atoms with Crippen LogP contribution in [0.5, 0.6) is 0 Å². The summed E-state index contributed by atoms with van der Waals surface area (Å²) in [6.45, 7) is 11.9. The van der Waals surface area contributed by atoms with Gasteiger partial charge in [0.15, 0.2) is 5.78 Å². The molecule has 0 aliphatic heterocycles. The lowest BCUT2D eigenvalue weighted by molar-refractivity contribution is -0.119. The average molecular weight is 709 g/mol. The number of Topliss-reactive ketones (excluding diaryl/α,β-unsaturated/α-hetero) is 1. The van der Waals surface area contributed by atoms with E-state index in [0.717, 1.165) is 38.0 Å². The molecule has 254 valence electrons. The van der Waals surface area contributed by atoms with E-state index in [9.17, 15) is 14.2 Å². The molecule has 0 aliphatic rings. The van der Waals surface area contributed by atoms with E-state index in [4.69, 9.17) is 12.2 Å². The molecule has 0 fully saturated rings. The second-order valence-electron chi connectivity index (χ2n) is 13.1. The fourth-order valence-electron chi connectivity index (χ4n) is 6.06. The Labute approximate surface area is 298 Å². The number of aryl methyl sites for hydroxylation is 2. The minimum atomic E-state index is -3.69. The molecule has 3 aromatic rings. The quantitative estimate of drug-likeness (QED) is 0.0702. The number of thiocarbonyl (C=S) groups is 1. The zero-order valence-corrected chi connectivity index (χ0v) is 32.6. The molecule has 3 nitrogen and oxygen atoms in total. The van der Waals surface area contributed by atoms with E-state index in [1.165, 1.54) is 69.5 Å². The van der Waals surface area contributed by atoms with Crippen LogP contribution in [0.25, 0.3) is 0 Å². The normalized spacial score (nSPS) is 11.9. The molecule has 0 aromatic heterocycles. The summed E-state index contributed by atoms with van der Waals surface area (Å²) in [5, 5.41) is 1.02. The topological polar surface area (TPSA) is 51.2 Å². The maximum Gasteiger partial charge on any atom is 0.230 e. The number of hydrogen-bond acceptors (Lipinski definition) is 6. The van der Waals surface area contributed by atoms with Gasteiger partial charge in [-0.1, -0.05) is 155 Å². The van der Waals surface area contributed by atoms with Gasteiger partial charge in [0, 0.05) is 22.6 Å². The Balaban J connectivity index is 1.67. The summed E-state index contributed by atoms with van der Waals surface area (Å²) >= 11 is 8.86. The van der Waals surface area contributed by atoms with Crippen molar-refractivity contribution >= 4 is 68.3 Å². The zero-order valence-electron chi connectivity index (χ0n) is 29.2. The highest BCUT2D eigenvalue weighted by atomic mass is 32.2. The van der Waals surface area contributed by atoms with Gasteiger partial charge < -0.3 is 4.57 Å². The fourth-order valence-corrected chi connectivity index (χ4v) is 11.8. The third-order valence-electron chi connectivity index (χ3n) is 8.94. The molecule has 0 saturated carbocycles. The van der Waals surface area contributed by atoms with Crippen molar-refractivity contribution in [2.45, 2.75) is 117 Å². The summed E-state index contributed by atoms with van der Waals surface area (Å²) in [4.78, 5) is 28.3. The molecule has 47 heavy (non-hydrogen) atoms. The van der Waals surface area contributed by atoms with Crippen LogP contribution in [0, 0.1) is 20.8 Å². The Kier molecular flexibility index (Phi) is 16.2. The minimum Gasteiger partial charge on any atom is -0.305 e. The van der Waals surface area contributed by atoms with Crippen LogP contribution in [0.2, 0.25) is 0 Å². The average Bonchev–Trinajstić information content (AvgIpc) is 3.05. The van der Waals surface area contributed by atoms with Gasteiger partial charge in [-0.3, -0.25) is 9.59 Å². The molecule has 7 heteroatoms. The van der Waals surface area contributed by atoms with E-state index in [1.54, 1.807) is 36.0 Å². The van der Waals surface area contributed by atoms with Gasteiger partial charge in [-0.15, -0.1) is 11.8 Å². The maximum absolute atomic E-state index is 14.9. The third-order valence-corrected chi connectivity index (χ3v) is 14.6. The largest absolute Gasteiger partial charge is 0.305 e. The standard InChI is InChI=1S/C40H53O3PS3/c1-7-8-9-10-11-12-13-14-15-22-27-46-39(45)47-40(5,6)36(41)29-35-30(2)28-31(3)37(32(35)4)38(42)44(43,33-23-18-16-19-24-33)34-25-20-17-21-26-34/h16-21,23-26,28H,7-15,22,27,29H2,1-6H3. The molecule has 0 unspecified atom stereocenters. The van der Waals surface area contributed by atoms with E-state index in [2.05, 4.69) is 6.92 Å². The molecule has 3 rings (SSSR count). The van der Waals surface area contributed by atoms with Gasteiger partial charge in [-0.25, -0.2) is 0 Å². The van der Waals surface area contributed by atoms with Crippen molar-refractivity contribution in [2.24, 2.45) is 0 Å². The summed E-state index contributed by atoms with van der Waals surface area (Å²) < 4.78 is 15.0. The van der Waals surface area contributed by atoms with E-state index >= 15 is 0 Å². The van der Waals surface area contributed by atoms with Crippen LogP contribution in [0.3, 0.4) is 0 Å². The lowest BCUT2D eigenvalue weighted by Gasteiger charge is -2.25. The van der Waals surface area contributed by atoms with Crippen LogP contribution in [-0.4, -0.2) is 25.3 Å². The predicted molar refractivity (Wildman–Crippen MR) is 212 cm³/mol. The molecule has 0 spiro atoms. The van der Waals surface area contributed by atoms with Crippen LogP contribution in [0.1, 0.15) is 118 Å². The highest BCUT2D eigenvalue weighted by molar-refractivity contribution is 8.47. The van der Waals surface area contributed by atoms with Crippen LogP contribution in [0.15, 0.2) is 66.7 Å². The van der Waals surface area contributed by atoms with E-state index in [1.807, 2.05) is 77.1 Å². The number of carbonyl (C=O) groups is 2. The summed E-state index contributed by atoms with van der Waals surface area (Å²) in [5.41, 5.74) is 3.34. The fraction of sp³-hybridized carbons (Fsp3) is 0.475. The highest BCUT2D eigenvalue weighted by Gasteiger charge is 2.39. The van der Waals surface area contributed by atoms with Gasteiger partial charge in [0.1, 0.15) is 3.53 Å². The van der Waals surface area contributed by atoms with Crippen molar-refractivity contribution in [1.82, 2.24) is 0 Å². The Hall–Kier alpha value is -1.98. The number of benzene rings is 3. The summed E-state index contributed by atoms with van der Waals surface area (Å²) in [7, 11) is -3.69. The van der Waals surface area contributed by atoms with Crippen molar-refractivity contribution in [3.63, 3.8) is 0 Å². The Bertz CT molecular complexity index is 1490. The molecular weight excluding hydrogens is 656 g/mol. The van der Waals surface area contributed by atoms with Gasteiger partial charge >= 0.3 is 0 Å². The van der Waals surface area contributed by atoms with Crippen molar-refractivity contribution in [1.29, 1.82) is 0 Å². The van der Waals surface area contributed by atoms with E-state index in [0.29, 0.717) is 16.2 Å². The first-order chi connectivity index (χ1) is 22.4. The van der Waals surface area contributed by atoms with Crippen molar-refractivity contribution in [2.75, 3.05) is 5.75 Å². The van der Waals surface area contributed by atoms with E-state index in [-0.39, 0.29) is 12.2 Å². The van der Waals surface area contributed by atoms with Crippen LogP contribution in [0.4, 0.5) is 0 Å². The first-order valence-corrected chi connectivity index (χ1v) is 21.1. The molecule has 3 aromatic carbocycles. The van der Waals surface area contributed by atoms with Crippen LogP contribution >= 0.6 is 42.9 Å². The first kappa shape index (κ1) is 39.5. The van der Waals surface area contributed by atoms with E-state index < -0.39 is 17.4 Å². The first-order valence-electron chi connectivity index (χ1n) is 17.2. The molecule has 0 bridgehead atoms. The zero-order chi connectivity index (χ0) is 34.5. The molecule has 0 atom stereocenters. The molecule has 0 amide bonds. The maximum atomic E-state index is 14.9. The van der Waals surface area contributed by atoms with Crippen LogP contribution in [-0.2, 0) is 15.8 Å². The Morgan fingerprint density at radius 2 is 1.23 bits per heavy atom. The van der Waals surface area contributed by atoms with Crippen molar-refractivity contribution in [3.8, 4) is 0 Å². The molecule has 0 radical (unpaired) electrons. The smallest absolute Gasteiger partial charge is 0.230 e. The molecule has 0 aliphatic carbocycles. The van der Waals surface area contributed by atoms with Crippen LogP contribution < -0.4 is 10.6 Å². The monoisotopic (exact) mass is 708 g/mol. The van der Waals surface area contributed by atoms with Crippen molar-refractivity contribution < 1.29 is 14.2 Å². The number of unbranched alkanes of at least 4 members (excludes halogenated alkanes) is 9. The second kappa shape index (κ2) is 19.3. The number of ketones is 1. The molecule has 0 N–H and O–H groups in total. The van der Waals surface area contributed by atoms with Crippen molar-refractivity contribution in [3.05, 3.63) is 94.5 Å². The Morgan fingerprint density at radius 1 is 0.745 bits per heavy atom. The number of thioether (sulfide) groups is 2. The summed E-state index contributed by atoms with van der Waals surface area (Å²) in [6, 6.07) is 20.0. The summed E-state index contributed by atoms with van der Waals surface area (Å²) in [6.07, 6.45) is 13.3. The van der Waals surface area contributed by atoms with Gasteiger partial charge in [-0.05, 0) is 69.0 Å². The molecular formula is C40H53O3PS3. The highest BCUT2D eigenvalue weighted by Crippen LogP contribution is 2.48. The molecule has 0 heterocycles. The van der Waals surface area contributed by atoms with Gasteiger partial charge in [-0.2, -0.15) is 0 Å². The Morgan fingerprint density at radius 3 is 1.74 bits per heavy atom. The lowest BCUT2D eigenvalue weighted by atomic mass is 9.89.